The van der Waals surface area contributed by atoms with Crippen LogP contribution in [0.2, 0.25) is 5.15 Å². The molecule has 0 spiro atoms. The van der Waals surface area contributed by atoms with E-state index >= 15 is 0 Å². The number of hydrogen-bond acceptors (Lipinski definition) is 4. The van der Waals surface area contributed by atoms with Crippen molar-refractivity contribution < 1.29 is 0 Å². The van der Waals surface area contributed by atoms with Gasteiger partial charge in [-0.1, -0.05) is 42.8 Å². The molecule has 0 aliphatic heterocycles. The number of thioether (sulfide) groups is 1. The average molecular weight is 296 g/mol. The van der Waals surface area contributed by atoms with Gasteiger partial charge < -0.3 is 4.98 Å². The molecule has 0 bridgehead atoms. The minimum atomic E-state index is -0.113. The molecule has 0 saturated heterocycles. The van der Waals surface area contributed by atoms with Gasteiger partial charge in [0.05, 0.1) is 0 Å². The average Bonchev–Trinajstić information content (AvgIpc) is 2.37. The van der Waals surface area contributed by atoms with E-state index in [4.69, 9.17) is 11.6 Å². The summed E-state index contributed by atoms with van der Waals surface area (Å²) >= 11 is 7.44. The van der Waals surface area contributed by atoms with E-state index in [1.54, 1.807) is 12.3 Å². The van der Waals surface area contributed by atoms with Gasteiger partial charge in [-0.2, -0.15) is 0 Å². The lowest BCUT2D eigenvalue weighted by Gasteiger charge is -2.04. The molecule has 0 atom stereocenters. The van der Waals surface area contributed by atoms with Crippen LogP contribution in [0.1, 0.15) is 24.6 Å². The van der Waals surface area contributed by atoms with Crippen molar-refractivity contribution in [3.05, 3.63) is 51.2 Å². The third kappa shape index (κ3) is 4.08. The highest BCUT2D eigenvalue weighted by Gasteiger charge is 2.05. The second-order valence-corrected chi connectivity index (χ2v) is 5.36. The first-order valence-corrected chi connectivity index (χ1v) is 7.38. The summed E-state index contributed by atoms with van der Waals surface area (Å²) in [6.45, 7) is 2.06. The van der Waals surface area contributed by atoms with E-state index in [0.717, 1.165) is 24.1 Å². The molecular weight excluding hydrogens is 282 g/mol. The zero-order valence-electron chi connectivity index (χ0n) is 10.5. The summed E-state index contributed by atoms with van der Waals surface area (Å²) in [6, 6.07) is 5.30. The SMILES string of the molecule is CCCc1cc(=O)[nH]c(SCc2cccnc2Cl)n1. The lowest BCUT2D eigenvalue weighted by atomic mass is 10.2. The fourth-order valence-corrected chi connectivity index (χ4v) is 2.75. The van der Waals surface area contributed by atoms with E-state index in [0.29, 0.717) is 16.1 Å². The Labute approximate surface area is 120 Å². The molecule has 6 heteroatoms. The van der Waals surface area contributed by atoms with Gasteiger partial charge in [0.25, 0.3) is 5.56 Å². The molecule has 2 aromatic rings. The minimum absolute atomic E-state index is 0.113. The predicted molar refractivity (Wildman–Crippen MR) is 77.7 cm³/mol. The molecule has 2 heterocycles. The summed E-state index contributed by atoms with van der Waals surface area (Å²) in [7, 11) is 0. The Balaban J connectivity index is 2.11. The number of aromatic amines is 1. The predicted octanol–water partition coefficient (Wildman–Crippen LogP) is 3.06. The second kappa shape index (κ2) is 6.73. The number of hydrogen-bond donors (Lipinski definition) is 1. The molecule has 0 unspecified atom stereocenters. The Kier molecular flexibility index (Phi) is 4.99. The zero-order chi connectivity index (χ0) is 13.7. The monoisotopic (exact) mass is 295 g/mol. The van der Waals surface area contributed by atoms with Crippen LogP contribution < -0.4 is 5.56 Å². The van der Waals surface area contributed by atoms with Crippen LogP contribution in [-0.2, 0) is 12.2 Å². The first-order chi connectivity index (χ1) is 9.19. The summed E-state index contributed by atoms with van der Waals surface area (Å²) in [5.74, 6) is 0.630. The zero-order valence-corrected chi connectivity index (χ0v) is 12.1. The van der Waals surface area contributed by atoms with Crippen molar-refractivity contribution in [3.63, 3.8) is 0 Å². The number of aryl methyl sites for hydroxylation is 1. The van der Waals surface area contributed by atoms with Gasteiger partial charge in [0.15, 0.2) is 5.16 Å². The maximum Gasteiger partial charge on any atom is 0.251 e. The largest absolute Gasteiger partial charge is 0.301 e. The number of nitrogens with zero attached hydrogens (tertiary/aromatic N) is 2. The second-order valence-electron chi connectivity index (χ2n) is 4.03. The summed E-state index contributed by atoms with van der Waals surface area (Å²) in [5.41, 5.74) is 1.64. The van der Waals surface area contributed by atoms with E-state index in [9.17, 15) is 4.79 Å². The van der Waals surface area contributed by atoms with E-state index in [2.05, 4.69) is 21.9 Å². The van der Waals surface area contributed by atoms with Gasteiger partial charge >= 0.3 is 0 Å². The highest BCUT2D eigenvalue weighted by Crippen LogP contribution is 2.22. The molecule has 1 N–H and O–H groups in total. The van der Waals surface area contributed by atoms with Crippen LogP contribution in [0.4, 0.5) is 0 Å². The fraction of sp³-hybridized carbons (Fsp3) is 0.308. The number of aromatic nitrogens is 3. The molecule has 0 fully saturated rings. The summed E-state index contributed by atoms with van der Waals surface area (Å²) in [6.07, 6.45) is 3.43. The molecule has 2 aromatic heterocycles. The molecule has 19 heavy (non-hydrogen) atoms. The molecule has 0 aliphatic carbocycles. The van der Waals surface area contributed by atoms with Gasteiger partial charge in [-0.3, -0.25) is 4.79 Å². The van der Waals surface area contributed by atoms with Gasteiger partial charge in [-0.15, -0.1) is 0 Å². The molecular formula is C13H14ClN3OS. The van der Waals surface area contributed by atoms with Gasteiger partial charge in [0, 0.05) is 23.7 Å². The van der Waals surface area contributed by atoms with Crippen LogP contribution in [0.25, 0.3) is 0 Å². The van der Waals surface area contributed by atoms with Crippen molar-refractivity contribution in [1.82, 2.24) is 15.0 Å². The van der Waals surface area contributed by atoms with E-state index in [1.165, 1.54) is 11.8 Å². The van der Waals surface area contributed by atoms with Crippen LogP contribution >= 0.6 is 23.4 Å². The van der Waals surface area contributed by atoms with Gasteiger partial charge in [-0.25, -0.2) is 9.97 Å². The number of nitrogens with one attached hydrogen (secondary N) is 1. The molecule has 2 rings (SSSR count). The van der Waals surface area contributed by atoms with Crippen molar-refractivity contribution >= 4 is 23.4 Å². The quantitative estimate of drug-likeness (QED) is 0.523. The first kappa shape index (κ1) is 14.1. The Morgan fingerprint density at radius 1 is 1.47 bits per heavy atom. The van der Waals surface area contributed by atoms with Crippen molar-refractivity contribution in [2.45, 2.75) is 30.7 Å². The Morgan fingerprint density at radius 3 is 3.05 bits per heavy atom. The summed E-state index contributed by atoms with van der Waals surface area (Å²) < 4.78 is 0. The highest BCUT2D eigenvalue weighted by atomic mass is 35.5. The van der Waals surface area contributed by atoms with Crippen LogP contribution in [-0.4, -0.2) is 15.0 Å². The van der Waals surface area contributed by atoms with E-state index < -0.39 is 0 Å². The number of pyridine rings is 1. The van der Waals surface area contributed by atoms with Crippen molar-refractivity contribution in [2.24, 2.45) is 0 Å². The van der Waals surface area contributed by atoms with E-state index in [1.807, 2.05) is 12.1 Å². The summed E-state index contributed by atoms with van der Waals surface area (Å²) in [5, 5.41) is 1.11. The number of halogens is 1. The van der Waals surface area contributed by atoms with E-state index in [-0.39, 0.29) is 5.56 Å². The summed E-state index contributed by atoms with van der Waals surface area (Å²) in [4.78, 5) is 22.7. The molecule has 0 aromatic carbocycles. The number of rotatable bonds is 5. The van der Waals surface area contributed by atoms with Crippen LogP contribution in [0.15, 0.2) is 34.3 Å². The van der Waals surface area contributed by atoms with Gasteiger partial charge in [0.1, 0.15) is 5.15 Å². The molecule has 100 valence electrons. The van der Waals surface area contributed by atoms with Crippen molar-refractivity contribution in [2.75, 3.05) is 0 Å². The van der Waals surface area contributed by atoms with Gasteiger partial charge in [0.2, 0.25) is 0 Å². The topological polar surface area (TPSA) is 58.6 Å². The van der Waals surface area contributed by atoms with Crippen molar-refractivity contribution in [1.29, 1.82) is 0 Å². The lowest BCUT2D eigenvalue weighted by Crippen LogP contribution is -2.10. The maximum absolute atomic E-state index is 11.5. The third-order valence-corrected chi connectivity index (χ3v) is 3.74. The molecule has 0 amide bonds. The highest BCUT2D eigenvalue weighted by molar-refractivity contribution is 7.98. The van der Waals surface area contributed by atoms with Crippen molar-refractivity contribution in [3.8, 4) is 0 Å². The lowest BCUT2D eigenvalue weighted by molar-refractivity contribution is 0.816. The molecule has 4 nitrogen and oxygen atoms in total. The minimum Gasteiger partial charge on any atom is -0.301 e. The fourth-order valence-electron chi connectivity index (χ4n) is 1.61. The Morgan fingerprint density at radius 2 is 2.32 bits per heavy atom. The maximum atomic E-state index is 11.5. The first-order valence-electron chi connectivity index (χ1n) is 6.01. The Hall–Kier alpha value is -1.33. The Bertz CT molecular complexity index is 615. The van der Waals surface area contributed by atoms with Crippen LogP contribution in [0.3, 0.4) is 0 Å². The molecule has 0 aliphatic rings. The van der Waals surface area contributed by atoms with Gasteiger partial charge in [-0.05, 0) is 18.1 Å². The molecule has 0 radical (unpaired) electrons. The smallest absolute Gasteiger partial charge is 0.251 e. The molecule has 0 saturated carbocycles. The number of H-pyrrole nitrogens is 1. The van der Waals surface area contributed by atoms with Crippen LogP contribution in [0.5, 0.6) is 0 Å². The third-order valence-electron chi connectivity index (χ3n) is 2.48. The van der Waals surface area contributed by atoms with Crippen LogP contribution in [0, 0.1) is 0 Å². The standard InChI is InChI=1S/C13H14ClN3OS/c1-2-4-10-7-11(18)17-13(16-10)19-8-9-5-3-6-15-12(9)14/h3,5-7H,2,4,8H2,1H3,(H,16,17,18). The normalized spacial score (nSPS) is 10.6.